The number of rotatable bonds is 6. The van der Waals surface area contributed by atoms with Crippen LogP contribution in [0.25, 0.3) is 0 Å². The highest BCUT2D eigenvalue weighted by atomic mass is 16.5. The van der Waals surface area contributed by atoms with E-state index in [2.05, 4.69) is 15.3 Å². The lowest BCUT2D eigenvalue weighted by molar-refractivity contribution is 0.102. The Morgan fingerprint density at radius 1 is 1.07 bits per heavy atom. The standard InChI is InChI=1S/C21H22N4O2/c1-4-25(17-10-6-5-7-11-17)21-22-15(2)13-19(24-21)20(26)23-16-9-8-12-18(14-16)27-3/h5-14H,4H2,1-3H3,(H,23,26). The van der Waals surface area contributed by atoms with E-state index in [1.165, 1.54) is 0 Å². The fourth-order valence-electron chi connectivity index (χ4n) is 2.73. The SMILES string of the molecule is CCN(c1ccccc1)c1nc(C)cc(C(=O)Nc2cccc(OC)c2)n1. The molecule has 6 heteroatoms. The summed E-state index contributed by atoms with van der Waals surface area (Å²) in [5.74, 6) is 0.882. The van der Waals surface area contributed by atoms with E-state index in [9.17, 15) is 4.79 Å². The fourth-order valence-corrected chi connectivity index (χ4v) is 2.73. The second kappa shape index (κ2) is 8.31. The van der Waals surface area contributed by atoms with E-state index < -0.39 is 0 Å². The highest BCUT2D eigenvalue weighted by molar-refractivity contribution is 6.03. The van der Waals surface area contributed by atoms with Crippen molar-refractivity contribution < 1.29 is 9.53 Å². The molecule has 6 nitrogen and oxygen atoms in total. The van der Waals surface area contributed by atoms with Crippen molar-refractivity contribution in [2.75, 3.05) is 23.9 Å². The number of anilines is 3. The van der Waals surface area contributed by atoms with Crippen LogP contribution in [0.2, 0.25) is 0 Å². The third kappa shape index (κ3) is 4.41. The summed E-state index contributed by atoms with van der Waals surface area (Å²) < 4.78 is 5.19. The molecule has 0 radical (unpaired) electrons. The van der Waals surface area contributed by atoms with Gasteiger partial charge in [-0.05, 0) is 44.2 Å². The molecular formula is C21H22N4O2. The first-order valence-corrected chi connectivity index (χ1v) is 8.74. The third-order valence-electron chi connectivity index (χ3n) is 4.03. The maximum atomic E-state index is 12.7. The smallest absolute Gasteiger partial charge is 0.274 e. The topological polar surface area (TPSA) is 67.4 Å². The second-order valence-electron chi connectivity index (χ2n) is 5.96. The van der Waals surface area contributed by atoms with Gasteiger partial charge in [-0.3, -0.25) is 4.79 Å². The summed E-state index contributed by atoms with van der Waals surface area (Å²) in [4.78, 5) is 23.7. The van der Waals surface area contributed by atoms with Crippen molar-refractivity contribution in [2.45, 2.75) is 13.8 Å². The molecule has 2 aromatic carbocycles. The van der Waals surface area contributed by atoms with Crippen LogP contribution in [0.4, 0.5) is 17.3 Å². The number of hydrogen-bond donors (Lipinski definition) is 1. The molecule has 1 amide bonds. The monoisotopic (exact) mass is 362 g/mol. The molecule has 27 heavy (non-hydrogen) atoms. The van der Waals surface area contributed by atoms with Crippen LogP contribution in [-0.4, -0.2) is 29.5 Å². The van der Waals surface area contributed by atoms with Gasteiger partial charge in [0.1, 0.15) is 11.4 Å². The Balaban J connectivity index is 1.89. The maximum Gasteiger partial charge on any atom is 0.274 e. The normalized spacial score (nSPS) is 10.3. The predicted octanol–water partition coefficient (Wildman–Crippen LogP) is 4.20. The Morgan fingerprint density at radius 3 is 2.56 bits per heavy atom. The number of ether oxygens (including phenoxy) is 1. The number of para-hydroxylation sites is 1. The number of aryl methyl sites for hydroxylation is 1. The number of nitrogens with zero attached hydrogens (tertiary/aromatic N) is 3. The van der Waals surface area contributed by atoms with Gasteiger partial charge in [0.25, 0.3) is 5.91 Å². The van der Waals surface area contributed by atoms with Crippen LogP contribution in [0, 0.1) is 6.92 Å². The van der Waals surface area contributed by atoms with Gasteiger partial charge < -0.3 is 15.0 Å². The molecule has 0 fully saturated rings. The Hall–Kier alpha value is -3.41. The van der Waals surface area contributed by atoms with E-state index in [1.54, 1.807) is 25.3 Å². The Labute approximate surface area is 158 Å². The largest absolute Gasteiger partial charge is 0.497 e. The van der Waals surface area contributed by atoms with Crippen molar-refractivity contribution in [3.63, 3.8) is 0 Å². The van der Waals surface area contributed by atoms with E-state index in [0.29, 0.717) is 29.6 Å². The summed E-state index contributed by atoms with van der Waals surface area (Å²) in [5, 5.41) is 2.86. The number of amides is 1. The molecule has 0 saturated heterocycles. The zero-order chi connectivity index (χ0) is 19.2. The van der Waals surface area contributed by atoms with Crippen LogP contribution in [0.1, 0.15) is 23.1 Å². The van der Waals surface area contributed by atoms with Crippen molar-refractivity contribution in [1.29, 1.82) is 0 Å². The maximum absolute atomic E-state index is 12.7. The minimum absolute atomic E-state index is 0.292. The van der Waals surface area contributed by atoms with Gasteiger partial charge in [0.2, 0.25) is 5.95 Å². The zero-order valence-electron chi connectivity index (χ0n) is 15.6. The molecular weight excluding hydrogens is 340 g/mol. The average Bonchev–Trinajstić information content (AvgIpc) is 2.69. The molecule has 138 valence electrons. The highest BCUT2D eigenvalue weighted by Crippen LogP contribution is 2.22. The predicted molar refractivity (Wildman–Crippen MR) is 107 cm³/mol. The summed E-state index contributed by atoms with van der Waals surface area (Å²) in [6.45, 7) is 4.56. The first-order chi connectivity index (χ1) is 13.1. The first-order valence-electron chi connectivity index (χ1n) is 8.74. The molecule has 1 heterocycles. The van der Waals surface area contributed by atoms with Crippen LogP contribution >= 0.6 is 0 Å². The van der Waals surface area contributed by atoms with Crippen LogP contribution in [0.3, 0.4) is 0 Å². The van der Waals surface area contributed by atoms with E-state index >= 15 is 0 Å². The van der Waals surface area contributed by atoms with Gasteiger partial charge in [-0.25, -0.2) is 9.97 Å². The van der Waals surface area contributed by atoms with Crippen LogP contribution in [-0.2, 0) is 0 Å². The van der Waals surface area contributed by atoms with Gasteiger partial charge in [0.05, 0.1) is 7.11 Å². The molecule has 0 aliphatic rings. The van der Waals surface area contributed by atoms with Gasteiger partial charge in [-0.1, -0.05) is 24.3 Å². The van der Waals surface area contributed by atoms with Crippen LogP contribution in [0.5, 0.6) is 5.75 Å². The number of hydrogen-bond acceptors (Lipinski definition) is 5. The number of methoxy groups -OCH3 is 1. The number of carbonyl (C=O) groups excluding carboxylic acids is 1. The number of carbonyl (C=O) groups is 1. The number of benzene rings is 2. The summed E-state index contributed by atoms with van der Waals surface area (Å²) in [6, 6.07) is 18.7. The third-order valence-corrected chi connectivity index (χ3v) is 4.03. The van der Waals surface area contributed by atoms with E-state index in [0.717, 1.165) is 11.4 Å². The minimum Gasteiger partial charge on any atom is -0.497 e. The summed E-state index contributed by atoms with van der Waals surface area (Å²) in [5.41, 5.74) is 2.66. The van der Waals surface area contributed by atoms with Gasteiger partial charge in [-0.2, -0.15) is 0 Å². The summed E-state index contributed by atoms with van der Waals surface area (Å²) in [6.07, 6.45) is 0. The van der Waals surface area contributed by atoms with Gasteiger partial charge in [-0.15, -0.1) is 0 Å². The Kier molecular flexibility index (Phi) is 5.66. The van der Waals surface area contributed by atoms with Crippen LogP contribution < -0.4 is 15.0 Å². The lowest BCUT2D eigenvalue weighted by Gasteiger charge is -2.21. The molecule has 1 aromatic heterocycles. The van der Waals surface area contributed by atoms with E-state index in [-0.39, 0.29) is 5.91 Å². The average molecular weight is 362 g/mol. The van der Waals surface area contributed by atoms with Crippen molar-refractivity contribution >= 4 is 23.2 Å². The van der Waals surface area contributed by atoms with E-state index in [4.69, 9.17) is 4.74 Å². The molecule has 3 aromatic rings. The first kappa shape index (κ1) is 18.4. The fraction of sp³-hybridized carbons (Fsp3) is 0.190. The quantitative estimate of drug-likeness (QED) is 0.712. The van der Waals surface area contributed by atoms with E-state index in [1.807, 2.05) is 61.2 Å². The number of aromatic nitrogens is 2. The van der Waals surface area contributed by atoms with Gasteiger partial charge >= 0.3 is 0 Å². The zero-order valence-corrected chi connectivity index (χ0v) is 15.6. The highest BCUT2D eigenvalue weighted by Gasteiger charge is 2.16. The molecule has 1 N–H and O–H groups in total. The lowest BCUT2D eigenvalue weighted by atomic mass is 10.2. The van der Waals surface area contributed by atoms with Gasteiger partial charge in [0.15, 0.2) is 0 Å². The number of nitrogens with one attached hydrogen (secondary N) is 1. The summed E-state index contributed by atoms with van der Waals surface area (Å²) in [7, 11) is 1.59. The molecule has 0 aliphatic carbocycles. The molecule has 0 bridgehead atoms. The summed E-state index contributed by atoms with van der Waals surface area (Å²) >= 11 is 0. The molecule has 0 saturated carbocycles. The molecule has 0 unspecified atom stereocenters. The molecule has 0 aliphatic heterocycles. The second-order valence-corrected chi connectivity index (χ2v) is 5.96. The molecule has 0 spiro atoms. The lowest BCUT2D eigenvalue weighted by Crippen LogP contribution is -2.22. The van der Waals surface area contributed by atoms with Crippen LogP contribution in [0.15, 0.2) is 60.7 Å². The van der Waals surface area contributed by atoms with Crippen molar-refractivity contribution in [3.05, 3.63) is 72.1 Å². The molecule has 0 atom stereocenters. The minimum atomic E-state index is -0.292. The molecule has 3 rings (SSSR count). The Bertz CT molecular complexity index is 928. The Morgan fingerprint density at radius 2 is 1.85 bits per heavy atom. The van der Waals surface area contributed by atoms with Crippen molar-refractivity contribution in [3.8, 4) is 5.75 Å². The van der Waals surface area contributed by atoms with Crippen molar-refractivity contribution in [1.82, 2.24) is 9.97 Å². The van der Waals surface area contributed by atoms with Crippen molar-refractivity contribution in [2.24, 2.45) is 0 Å². The van der Waals surface area contributed by atoms with Gasteiger partial charge in [0, 0.05) is 29.7 Å².